The number of carbonyl (C=O) groups excluding carboxylic acids is 1. The molecule has 4 heteroatoms. The zero-order valence-electron chi connectivity index (χ0n) is 10.5. The molecule has 0 bridgehead atoms. The molecule has 1 aromatic carbocycles. The minimum Gasteiger partial charge on any atom is -0.376 e. The lowest BCUT2D eigenvalue weighted by Gasteiger charge is -2.25. The van der Waals surface area contributed by atoms with Gasteiger partial charge in [-0.15, -0.1) is 0 Å². The van der Waals surface area contributed by atoms with Crippen LogP contribution in [0.4, 0.5) is 0 Å². The Kier molecular flexibility index (Phi) is 3.06. The average molecular weight is 246 g/mol. The number of rotatable bonds is 2. The quantitative estimate of drug-likeness (QED) is 0.855. The van der Waals surface area contributed by atoms with Gasteiger partial charge in [-0.05, 0) is 18.9 Å². The van der Waals surface area contributed by atoms with E-state index in [2.05, 4.69) is 5.32 Å². The van der Waals surface area contributed by atoms with Gasteiger partial charge in [0.05, 0.1) is 18.8 Å². The molecule has 0 saturated carbocycles. The van der Waals surface area contributed by atoms with Gasteiger partial charge >= 0.3 is 0 Å². The van der Waals surface area contributed by atoms with Crippen molar-refractivity contribution in [3.05, 3.63) is 35.9 Å². The van der Waals surface area contributed by atoms with Crippen molar-refractivity contribution in [3.63, 3.8) is 0 Å². The van der Waals surface area contributed by atoms with Crippen LogP contribution in [0.5, 0.6) is 0 Å². The minimum atomic E-state index is -0.195. The van der Waals surface area contributed by atoms with E-state index in [0.717, 1.165) is 18.6 Å². The molecule has 96 valence electrons. The first-order valence-corrected chi connectivity index (χ1v) is 6.48. The molecule has 18 heavy (non-hydrogen) atoms. The van der Waals surface area contributed by atoms with E-state index in [0.29, 0.717) is 6.67 Å². The lowest BCUT2D eigenvalue weighted by molar-refractivity contribution is -0.131. The van der Waals surface area contributed by atoms with Crippen LogP contribution in [0, 0.1) is 0 Å². The Labute approximate surface area is 107 Å². The number of ether oxygens (including phenoxy) is 1. The molecule has 3 rings (SSSR count). The molecule has 2 saturated heterocycles. The molecule has 0 radical (unpaired) electrons. The fourth-order valence-corrected chi connectivity index (χ4v) is 2.84. The van der Waals surface area contributed by atoms with E-state index in [1.165, 1.54) is 0 Å². The molecule has 2 aliphatic rings. The van der Waals surface area contributed by atoms with Gasteiger partial charge in [-0.1, -0.05) is 30.3 Å². The minimum absolute atomic E-state index is 0.144. The molecule has 0 aromatic heterocycles. The molecule has 2 fully saturated rings. The maximum atomic E-state index is 12.4. The van der Waals surface area contributed by atoms with Gasteiger partial charge in [0.1, 0.15) is 6.04 Å². The van der Waals surface area contributed by atoms with Crippen LogP contribution in [0.15, 0.2) is 30.3 Å². The molecule has 3 atom stereocenters. The Morgan fingerprint density at radius 2 is 2.11 bits per heavy atom. The Bertz CT molecular complexity index is 435. The highest BCUT2D eigenvalue weighted by Crippen LogP contribution is 2.27. The Hall–Kier alpha value is -1.39. The maximum Gasteiger partial charge on any atom is 0.245 e. The van der Waals surface area contributed by atoms with Crippen molar-refractivity contribution in [1.29, 1.82) is 0 Å². The normalized spacial score (nSPS) is 32.2. The van der Waals surface area contributed by atoms with Gasteiger partial charge in [-0.2, -0.15) is 0 Å². The number of benzene rings is 1. The van der Waals surface area contributed by atoms with Crippen molar-refractivity contribution in [2.75, 3.05) is 13.3 Å². The molecular weight excluding hydrogens is 228 g/mol. The highest BCUT2D eigenvalue weighted by atomic mass is 16.5. The number of hydrogen-bond acceptors (Lipinski definition) is 3. The third-order valence-corrected chi connectivity index (χ3v) is 3.87. The van der Waals surface area contributed by atoms with Crippen LogP contribution in [-0.2, 0) is 9.53 Å². The summed E-state index contributed by atoms with van der Waals surface area (Å²) in [6.07, 6.45) is 1.08. The first-order valence-electron chi connectivity index (χ1n) is 6.48. The zero-order chi connectivity index (χ0) is 12.5. The molecule has 1 N–H and O–H groups in total. The van der Waals surface area contributed by atoms with Crippen LogP contribution in [0.1, 0.15) is 24.9 Å². The van der Waals surface area contributed by atoms with Crippen LogP contribution >= 0.6 is 0 Å². The van der Waals surface area contributed by atoms with E-state index in [1.54, 1.807) is 0 Å². The van der Waals surface area contributed by atoms with Crippen molar-refractivity contribution >= 4 is 5.91 Å². The second-order valence-electron chi connectivity index (χ2n) is 4.95. The van der Waals surface area contributed by atoms with Crippen molar-refractivity contribution in [2.45, 2.75) is 31.5 Å². The highest BCUT2D eigenvalue weighted by molar-refractivity contribution is 5.85. The second-order valence-corrected chi connectivity index (χ2v) is 4.95. The smallest absolute Gasteiger partial charge is 0.245 e. The van der Waals surface area contributed by atoms with E-state index in [-0.39, 0.29) is 24.1 Å². The van der Waals surface area contributed by atoms with E-state index >= 15 is 0 Å². The molecule has 1 amide bonds. The van der Waals surface area contributed by atoms with Gasteiger partial charge in [0, 0.05) is 6.61 Å². The molecule has 2 aliphatic heterocycles. The summed E-state index contributed by atoms with van der Waals surface area (Å²) in [5.41, 5.74) is 1.04. The first-order chi connectivity index (χ1) is 8.77. The summed E-state index contributed by atoms with van der Waals surface area (Å²) in [6.45, 7) is 3.42. The van der Waals surface area contributed by atoms with E-state index in [4.69, 9.17) is 4.74 Å². The van der Waals surface area contributed by atoms with Crippen LogP contribution in [0.3, 0.4) is 0 Å². The van der Waals surface area contributed by atoms with Gasteiger partial charge in [0.2, 0.25) is 5.91 Å². The molecule has 1 aromatic rings. The van der Waals surface area contributed by atoms with Crippen molar-refractivity contribution in [1.82, 2.24) is 10.2 Å². The highest BCUT2D eigenvalue weighted by Gasteiger charge is 2.40. The summed E-state index contributed by atoms with van der Waals surface area (Å²) in [4.78, 5) is 14.4. The van der Waals surface area contributed by atoms with E-state index < -0.39 is 0 Å². The largest absolute Gasteiger partial charge is 0.376 e. The summed E-state index contributed by atoms with van der Waals surface area (Å²) in [6, 6.07) is 9.91. The number of hydrogen-bond donors (Lipinski definition) is 1. The lowest BCUT2D eigenvalue weighted by Crippen LogP contribution is -2.41. The van der Waals surface area contributed by atoms with Gasteiger partial charge in [0.25, 0.3) is 0 Å². The van der Waals surface area contributed by atoms with Crippen molar-refractivity contribution in [2.24, 2.45) is 0 Å². The van der Waals surface area contributed by atoms with Crippen molar-refractivity contribution < 1.29 is 9.53 Å². The molecule has 0 aliphatic carbocycles. The lowest BCUT2D eigenvalue weighted by atomic mass is 10.1. The van der Waals surface area contributed by atoms with Gasteiger partial charge < -0.3 is 9.64 Å². The van der Waals surface area contributed by atoms with Crippen molar-refractivity contribution in [3.8, 4) is 0 Å². The fraction of sp³-hybridized carbons (Fsp3) is 0.500. The van der Waals surface area contributed by atoms with Gasteiger partial charge in [-0.25, -0.2) is 0 Å². The van der Waals surface area contributed by atoms with Gasteiger partial charge in [-0.3, -0.25) is 10.1 Å². The fourth-order valence-electron chi connectivity index (χ4n) is 2.84. The third kappa shape index (κ3) is 1.91. The SMILES string of the molecule is CC1OCCC1N1CNC(c2ccccc2)C1=O. The van der Waals surface area contributed by atoms with E-state index in [9.17, 15) is 4.79 Å². The van der Waals surface area contributed by atoms with Crippen LogP contribution < -0.4 is 5.32 Å². The monoisotopic (exact) mass is 246 g/mol. The second kappa shape index (κ2) is 4.71. The summed E-state index contributed by atoms with van der Waals surface area (Å²) in [5.74, 6) is 0.170. The topological polar surface area (TPSA) is 41.6 Å². The Morgan fingerprint density at radius 3 is 2.78 bits per heavy atom. The predicted molar refractivity (Wildman–Crippen MR) is 67.9 cm³/mol. The predicted octanol–water partition coefficient (Wildman–Crippen LogP) is 1.29. The zero-order valence-corrected chi connectivity index (χ0v) is 10.5. The maximum absolute atomic E-state index is 12.4. The average Bonchev–Trinajstić information content (AvgIpc) is 2.96. The standard InChI is InChI=1S/C14H18N2O2/c1-10-12(7-8-18-10)16-9-15-13(14(16)17)11-5-3-2-4-6-11/h2-6,10,12-13,15H,7-9H2,1H3. The molecular formula is C14H18N2O2. The summed E-state index contributed by atoms with van der Waals surface area (Å²) >= 11 is 0. The van der Waals surface area contributed by atoms with E-state index in [1.807, 2.05) is 42.2 Å². The third-order valence-electron chi connectivity index (χ3n) is 3.87. The number of nitrogens with one attached hydrogen (secondary N) is 1. The molecule has 2 heterocycles. The van der Waals surface area contributed by atoms with Crippen LogP contribution in [0.25, 0.3) is 0 Å². The number of nitrogens with zero attached hydrogens (tertiary/aromatic N) is 1. The Morgan fingerprint density at radius 1 is 1.33 bits per heavy atom. The number of amides is 1. The van der Waals surface area contributed by atoms with Gasteiger partial charge in [0.15, 0.2) is 0 Å². The molecule has 3 unspecified atom stereocenters. The summed E-state index contributed by atoms with van der Waals surface area (Å²) < 4.78 is 5.55. The molecule has 4 nitrogen and oxygen atoms in total. The Balaban J connectivity index is 1.77. The molecule has 0 spiro atoms. The first kappa shape index (κ1) is 11.7. The number of carbonyl (C=O) groups is 1. The summed E-state index contributed by atoms with van der Waals surface area (Å²) in [5, 5.41) is 3.29. The van der Waals surface area contributed by atoms with Crippen LogP contribution in [0.2, 0.25) is 0 Å². The van der Waals surface area contributed by atoms with Crippen LogP contribution in [-0.4, -0.2) is 36.2 Å². The summed E-state index contributed by atoms with van der Waals surface area (Å²) in [7, 11) is 0.